The summed E-state index contributed by atoms with van der Waals surface area (Å²) < 4.78 is 0. The van der Waals surface area contributed by atoms with Gasteiger partial charge in [-0.1, -0.05) is 30.7 Å². The van der Waals surface area contributed by atoms with Crippen molar-refractivity contribution in [3.05, 3.63) is 35.4 Å². The van der Waals surface area contributed by atoms with Crippen LogP contribution in [0.5, 0.6) is 0 Å². The summed E-state index contributed by atoms with van der Waals surface area (Å²) in [6, 6.07) is 9.12. The first-order chi connectivity index (χ1) is 9.34. The molecule has 3 unspecified atom stereocenters. The first-order valence-corrected chi connectivity index (χ1v) is 7.84. The maximum Gasteiger partial charge on any atom is 0.0699 e. The lowest BCUT2D eigenvalue weighted by molar-refractivity contribution is 0.0954. The highest BCUT2D eigenvalue weighted by atomic mass is 16.3. The van der Waals surface area contributed by atoms with Crippen LogP contribution in [0.15, 0.2) is 24.3 Å². The van der Waals surface area contributed by atoms with E-state index in [9.17, 15) is 5.11 Å². The average molecular weight is 259 g/mol. The second-order valence-corrected chi connectivity index (χ2v) is 6.15. The van der Waals surface area contributed by atoms with Gasteiger partial charge in [0, 0.05) is 6.04 Å². The lowest BCUT2D eigenvalue weighted by atomic mass is 9.78. The number of nitrogens with one attached hydrogen (secondary N) is 1. The minimum absolute atomic E-state index is 0.184. The molecule has 2 N–H and O–H groups in total. The topological polar surface area (TPSA) is 32.3 Å². The fourth-order valence-corrected chi connectivity index (χ4v) is 3.76. The molecular weight excluding hydrogens is 234 g/mol. The first kappa shape index (κ1) is 13.1. The fourth-order valence-electron chi connectivity index (χ4n) is 3.76. The summed E-state index contributed by atoms with van der Waals surface area (Å²) in [7, 11) is 0. The maximum absolute atomic E-state index is 10.5. The standard InChI is InChI=1S/C17H25NO/c19-17(16-10-3-4-11-18-16)12-14-8-5-7-13-6-1-2-9-15(13)14/h1-2,6,9,14,16-19H,3-5,7-8,10-12H2. The Morgan fingerprint density at radius 3 is 2.89 bits per heavy atom. The van der Waals surface area contributed by atoms with Crippen LogP contribution in [-0.4, -0.2) is 23.8 Å². The predicted octanol–water partition coefficient (Wildman–Crippen LogP) is 3.00. The van der Waals surface area contributed by atoms with E-state index >= 15 is 0 Å². The highest BCUT2D eigenvalue weighted by Gasteiger charge is 2.27. The summed E-state index contributed by atoms with van der Waals surface area (Å²) in [5, 5.41) is 14.0. The maximum atomic E-state index is 10.5. The van der Waals surface area contributed by atoms with Gasteiger partial charge in [-0.15, -0.1) is 0 Å². The number of hydrogen-bond acceptors (Lipinski definition) is 2. The lowest BCUT2D eigenvalue weighted by Crippen LogP contribution is -2.43. The SMILES string of the molecule is OC(CC1CCCc2ccccc21)C1CCCCN1. The van der Waals surface area contributed by atoms with Crippen LogP contribution >= 0.6 is 0 Å². The Labute approximate surface area is 116 Å². The molecule has 1 heterocycles. The van der Waals surface area contributed by atoms with E-state index in [0.717, 1.165) is 19.4 Å². The van der Waals surface area contributed by atoms with Crippen LogP contribution < -0.4 is 5.32 Å². The van der Waals surface area contributed by atoms with Gasteiger partial charge in [-0.2, -0.15) is 0 Å². The molecule has 0 aromatic heterocycles. The molecule has 0 amide bonds. The third-order valence-corrected chi connectivity index (χ3v) is 4.83. The van der Waals surface area contributed by atoms with Gasteiger partial charge in [0.1, 0.15) is 0 Å². The molecule has 2 aliphatic rings. The Morgan fingerprint density at radius 1 is 1.16 bits per heavy atom. The Bertz CT molecular complexity index is 411. The molecule has 1 fully saturated rings. The van der Waals surface area contributed by atoms with Gasteiger partial charge < -0.3 is 10.4 Å². The molecule has 0 saturated carbocycles. The van der Waals surface area contributed by atoms with Crippen molar-refractivity contribution in [2.45, 2.75) is 63.0 Å². The van der Waals surface area contributed by atoms with Crippen molar-refractivity contribution in [3.63, 3.8) is 0 Å². The summed E-state index contributed by atoms with van der Waals surface area (Å²) in [6.07, 6.45) is 8.12. The van der Waals surface area contributed by atoms with Crippen molar-refractivity contribution >= 4 is 0 Å². The molecule has 2 nitrogen and oxygen atoms in total. The average Bonchev–Trinajstić information content (AvgIpc) is 2.48. The lowest BCUT2D eigenvalue weighted by Gasteiger charge is -2.32. The molecule has 1 aliphatic carbocycles. The third kappa shape index (κ3) is 3.01. The van der Waals surface area contributed by atoms with E-state index < -0.39 is 0 Å². The zero-order valence-electron chi connectivity index (χ0n) is 11.6. The van der Waals surface area contributed by atoms with Crippen molar-refractivity contribution in [2.75, 3.05) is 6.54 Å². The third-order valence-electron chi connectivity index (χ3n) is 4.83. The van der Waals surface area contributed by atoms with Gasteiger partial charge in [0.2, 0.25) is 0 Å². The van der Waals surface area contributed by atoms with Gasteiger partial charge in [-0.05, 0) is 62.1 Å². The van der Waals surface area contributed by atoms with Crippen LogP contribution in [0.25, 0.3) is 0 Å². The van der Waals surface area contributed by atoms with Crippen LogP contribution in [0.2, 0.25) is 0 Å². The van der Waals surface area contributed by atoms with Gasteiger partial charge in [0.15, 0.2) is 0 Å². The minimum Gasteiger partial charge on any atom is -0.391 e. The molecule has 3 atom stereocenters. The van der Waals surface area contributed by atoms with E-state index in [-0.39, 0.29) is 6.10 Å². The highest BCUT2D eigenvalue weighted by Crippen LogP contribution is 2.35. The van der Waals surface area contributed by atoms with Crippen LogP contribution in [0.1, 0.15) is 55.6 Å². The normalized spacial score (nSPS) is 28.7. The van der Waals surface area contributed by atoms with Gasteiger partial charge in [0.25, 0.3) is 0 Å². The second-order valence-electron chi connectivity index (χ2n) is 6.15. The van der Waals surface area contributed by atoms with Crippen LogP contribution in [0, 0.1) is 0 Å². The van der Waals surface area contributed by atoms with E-state index in [4.69, 9.17) is 0 Å². The number of fused-ring (bicyclic) bond motifs is 1. The molecule has 0 bridgehead atoms. The van der Waals surface area contributed by atoms with Crippen molar-refractivity contribution in [3.8, 4) is 0 Å². The summed E-state index contributed by atoms with van der Waals surface area (Å²) in [4.78, 5) is 0. The van der Waals surface area contributed by atoms with E-state index in [1.54, 1.807) is 0 Å². The van der Waals surface area contributed by atoms with Crippen molar-refractivity contribution in [2.24, 2.45) is 0 Å². The Balaban J connectivity index is 1.66. The molecule has 0 spiro atoms. The van der Waals surface area contributed by atoms with Crippen LogP contribution in [0.4, 0.5) is 0 Å². The molecular formula is C17H25NO. The first-order valence-electron chi connectivity index (χ1n) is 7.84. The largest absolute Gasteiger partial charge is 0.391 e. The summed E-state index contributed by atoms with van der Waals surface area (Å²) in [5.74, 6) is 0.559. The molecule has 1 aliphatic heterocycles. The zero-order chi connectivity index (χ0) is 13.1. The van der Waals surface area contributed by atoms with Crippen LogP contribution in [-0.2, 0) is 6.42 Å². The molecule has 3 rings (SSSR count). The number of piperidine rings is 1. The molecule has 104 valence electrons. The minimum atomic E-state index is -0.184. The quantitative estimate of drug-likeness (QED) is 0.874. The van der Waals surface area contributed by atoms with E-state index in [0.29, 0.717) is 12.0 Å². The van der Waals surface area contributed by atoms with Crippen LogP contribution in [0.3, 0.4) is 0 Å². The Hall–Kier alpha value is -0.860. The van der Waals surface area contributed by atoms with Crippen molar-refractivity contribution < 1.29 is 5.11 Å². The zero-order valence-corrected chi connectivity index (χ0v) is 11.6. The summed E-state index contributed by atoms with van der Waals surface area (Å²) in [6.45, 7) is 1.07. The van der Waals surface area contributed by atoms with Gasteiger partial charge in [-0.3, -0.25) is 0 Å². The molecule has 2 heteroatoms. The Morgan fingerprint density at radius 2 is 2.05 bits per heavy atom. The molecule has 0 radical (unpaired) electrons. The molecule has 19 heavy (non-hydrogen) atoms. The Kier molecular flexibility index (Phi) is 4.19. The fraction of sp³-hybridized carbons (Fsp3) is 0.647. The van der Waals surface area contributed by atoms with Gasteiger partial charge in [-0.25, -0.2) is 0 Å². The molecule has 1 aromatic rings. The van der Waals surface area contributed by atoms with Crippen molar-refractivity contribution in [1.82, 2.24) is 5.32 Å². The number of rotatable bonds is 3. The second kappa shape index (κ2) is 6.06. The molecule has 1 aromatic carbocycles. The number of hydrogen-bond donors (Lipinski definition) is 2. The highest BCUT2D eigenvalue weighted by molar-refractivity contribution is 5.32. The van der Waals surface area contributed by atoms with Gasteiger partial charge in [0.05, 0.1) is 6.10 Å². The number of aliphatic hydroxyl groups excluding tert-OH is 1. The monoisotopic (exact) mass is 259 g/mol. The van der Waals surface area contributed by atoms with Crippen molar-refractivity contribution in [1.29, 1.82) is 0 Å². The number of aryl methyl sites for hydroxylation is 1. The number of aliphatic hydroxyl groups is 1. The summed E-state index contributed by atoms with van der Waals surface area (Å²) in [5.41, 5.74) is 2.99. The van der Waals surface area contributed by atoms with Gasteiger partial charge >= 0.3 is 0 Å². The summed E-state index contributed by atoms with van der Waals surface area (Å²) >= 11 is 0. The van der Waals surface area contributed by atoms with E-state index in [1.807, 2.05) is 0 Å². The van der Waals surface area contributed by atoms with E-state index in [2.05, 4.69) is 29.6 Å². The molecule has 1 saturated heterocycles. The van der Waals surface area contributed by atoms with E-state index in [1.165, 1.54) is 43.2 Å². The number of benzene rings is 1. The predicted molar refractivity (Wildman–Crippen MR) is 78.4 cm³/mol. The smallest absolute Gasteiger partial charge is 0.0699 e.